The van der Waals surface area contributed by atoms with Crippen molar-refractivity contribution >= 4 is 11.9 Å². The van der Waals surface area contributed by atoms with E-state index in [4.69, 9.17) is 14.2 Å². The molecule has 0 radical (unpaired) electrons. The molecule has 0 unspecified atom stereocenters. The molecule has 0 bridgehead atoms. The first-order chi connectivity index (χ1) is 13.6. The SMILES string of the molecule is C[C@@H](NC(=O)COC(=O)COc1ccc(OCc2ccccc2)cc1)C1CC1. The maximum absolute atomic E-state index is 11.7. The Bertz CT molecular complexity index is 771. The van der Waals surface area contributed by atoms with Crippen molar-refractivity contribution in [1.29, 1.82) is 0 Å². The Kier molecular flexibility index (Phi) is 6.89. The van der Waals surface area contributed by atoms with E-state index in [0.717, 1.165) is 18.4 Å². The lowest BCUT2D eigenvalue weighted by Crippen LogP contribution is -2.37. The monoisotopic (exact) mass is 383 g/mol. The Hall–Kier alpha value is -3.02. The predicted molar refractivity (Wildman–Crippen MR) is 104 cm³/mol. The number of hydrogen-bond donors (Lipinski definition) is 1. The van der Waals surface area contributed by atoms with Crippen LogP contribution in [0.5, 0.6) is 11.5 Å². The van der Waals surface area contributed by atoms with E-state index in [-0.39, 0.29) is 25.2 Å². The molecule has 0 aliphatic heterocycles. The van der Waals surface area contributed by atoms with Crippen LogP contribution < -0.4 is 14.8 Å². The standard InChI is InChI=1S/C22H25NO5/c1-16(18-7-8-18)23-21(24)14-28-22(25)15-27-20-11-9-19(10-12-20)26-13-17-5-3-2-4-6-17/h2-6,9-12,16,18H,7-8,13-15H2,1H3,(H,23,24)/t16-/m1/s1. The van der Waals surface area contributed by atoms with Crippen LogP contribution in [0.15, 0.2) is 54.6 Å². The fourth-order valence-corrected chi connectivity index (χ4v) is 2.71. The molecule has 148 valence electrons. The summed E-state index contributed by atoms with van der Waals surface area (Å²) in [5.74, 6) is 0.921. The second-order valence-electron chi connectivity index (χ2n) is 6.89. The normalized spacial score (nSPS) is 14.0. The minimum atomic E-state index is -0.585. The zero-order chi connectivity index (χ0) is 19.8. The summed E-state index contributed by atoms with van der Waals surface area (Å²) in [7, 11) is 0. The Balaban J connectivity index is 1.33. The van der Waals surface area contributed by atoms with Gasteiger partial charge in [0.05, 0.1) is 0 Å². The third-order valence-electron chi connectivity index (χ3n) is 4.51. The highest BCUT2D eigenvalue weighted by Crippen LogP contribution is 2.32. The van der Waals surface area contributed by atoms with Gasteiger partial charge in [0.1, 0.15) is 18.1 Å². The highest BCUT2D eigenvalue weighted by molar-refractivity contribution is 5.81. The molecule has 28 heavy (non-hydrogen) atoms. The number of ether oxygens (including phenoxy) is 3. The molecule has 6 nitrogen and oxygen atoms in total. The molecule has 1 aliphatic rings. The van der Waals surface area contributed by atoms with Gasteiger partial charge in [0, 0.05) is 6.04 Å². The number of rotatable bonds is 10. The largest absolute Gasteiger partial charge is 0.489 e. The molecule has 6 heteroatoms. The quantitative estimate of drug-likeness (QED) is 0.638. The summed E-state index contributed by atoms with van der Waals surface area (Å²) in [6.07, 6.45) is 2.29. The van der Waals surface area contributed by atoms with Crippen molar-refractivity contribution in [2.24, 2.45) is 5.92 Å². The lowest BCUT2D eigenvalue weighted by molar-refractivity contribution is -0.150. The van der Waals surface area contributed by atoms with Crippen molar-refractivity contribution < 1.29 is 23.8 Å². The van der Waals surface area contributed by atoms with Crippen molar-refractivity contribution in [3.63, 3.8) is 0 Å². The molecule has 1 atom stereocenters. The summed E-state index contributed by atoms with van der Waals surface area (Å²) in [4.78, 5) is 23.5. The van der Waals surface area contributed by atoms with E-state index in [9.17, 15) is 9.59 Å². The van der Waals surface area contributed by atoms with Crippen molar-refractivity contribution in [3.05, 3.63) is 60.2 Å². The molecule has 2 aromatic carbocycles. The first-order valence-corrected chi connectivity index (χ1v) is 9.45. The molecule has 0 heterocycles. The van der Waals surface area contributed by atoms with Gasteiger partial charge in [0.15, 0.2) is 13.2 Å². The van der Waals surface area contributed by atoms with Gasteiger partial charge < -0.3 is 19.5 Å². The highest BCUT2D eigenvalue weighted by Gasteiger charge is 2.28. The maximum Gasteiger partial charge on any atom is 0.344 e. The van der Waals surface area contributed by atoms with E-state index in [1.807, 2.05) is 37.3 Å². The minimum Gasteiger partial charge on any atom is -0.489 e. The molecule has 1 saturated carbocycles. The van der Waals surface area contributed by atoms with Gasteiger partial charge in [-0.3, -0.25) is 4.79 Å². The Morgan fingerprint density at radius 2 is 1.61 bits per heavy atom. The van der Waals surface area contributed by atoms with Gasteiger partial charge in [-0.2, -0.15) is 0 Å². The van der Waals surface area contributed by atoms with E-state index in [0.29, 0.717) is 24.0 Å². The zero-order valence-corrected chi connectivity index (χ0v) is 15.9. The number of benzene rings is 2. The summed E-state index contributed by atoms with van der Waals surface area (Å²) in [5, 5.41) is 2.83. The van der Waals surface area contributed by atoms with Gasteiger partial charge >= 0.3 is 5.97 Å². The Morgan fingerprint density at radius 1 is 0.964 bits per heavy atom. The number of carbonyl (C=O) groups is 2. The van der Waals surface area contributed by atoms with Crippen LogP contribution >= 0.6 is 0 Å². The Morgan fingerprint density at radius 3 is 2.25 bits per heavy atom. The van der Waals surface area contributed by atoms with Crippen LogP contribution in [0.25, 0.3) is 0 Å². The van der Waals surface area contributed by atoms with E-state index in [1.54, 1.807) is 24.3 Å². The molecule has 1 aliphatic carbocycles. The first-order valence-electron chi connectivity index (χ1n) is 9.45. The number of amides is 1. The zero-order valence-electron chi connectivity index (χ0n) is 15.9. The van der Waals surface area contributed by atoms with Gasteiger partial charge in [0.25, 0.3) is 5.91 Å². The van der Waals surface area contributed by atoms with E-state index in [2.05, 4.69) is 5.32 Å². The molecule has 2 aromatic rings. The molecule has 3 rings (SSSR count). The third kappa shape index (κ3) is 6.61. The van der Waals surface area contributed by atoms with E-state index in [1.165, 1.54) is 0 Å². The molecule has 0 spiro atoms. The van der Waals surface area contributed by atoms with Gasteiger partial charge in [-0.05, 0) is 55.5 Å². The number of hydrogen-bond acceptors (Lipinski definition) is 5. The minimum absolute atomic E-state index is 0.130. The van der Waals surface area contributed by atoms with Crippen LogP contribution in [0.1, 0.15) is 25.3 Å². The van der Waals surface area contributed by atoms with Gasteiger partial charge in [-0.25, -0.2) is 4.79 Å². The molecule has 0 aromatic heterocycles. The lowest BCUT2D eigenvalue weighted by atomic mass is 10.2. The average molecular weight is 383 g/mol. The van der Waals surface area contributed by atoms with Gasteiger partial charge in [-0.1, -0.05) is 30.3 Å². The second-order valence-corrected chi connectivity index (χ2v) is 6.89. The van der Waals surface area contributed by atoms with Crippen molar-refractivity contribution in [2.45, 2.75) is 32.4 Å². The molecule has 1 N–H and O–H groups in total. The van der Waals surface area contributed by atoms with Crippen LogP contribution in [0.3, 0.4) is 0 Å². The third-order valence-corrected chi connectivity index (χ3v) is 4.51. The van der Waals surface area contributed by atoms with Gasteiger partial charge in [-0.15, -0.1) is 0 Å². The number of esters is 1. The van der Waals surface area contributed by atoms with Crippen LogP contribution in [0, 0.1) is 5.92 Å². The number of carbonyl (C=O) groups excluding carboxylic acids is 2. The lowest BCUT2D eigenvalue weighted by Gasteiger charge is -2.13. The van der Waals surface area contributed by atoms with Crippen molar-refractivity contribution in [1.82, 2.24) is 5.32 Å². The molecule has 1 fully saturated rings. The van der Waals surface area contributed by atoms with Gasteiger partial charge in [0.2, 0.25) is 0 Å². The van der Waals surface area contributed by atoms with Crippen molar-refractivity contribution in [3.8, 4) is 11.5 Å². The smallest absolute Gasteiger partial charge is 0.344 e. The van der Waals surface area contributed by atoms with Crippen LogP contribution in [0.4, 0.5) is 0 Å². The summed E-state index contributed by atoms with van der Waals surface area (Å²) in [5.41, 5.74) is 1.08. The molecular weight excluding hydrogens is 358 g/mol. The van der Waals surface area contributed by atoms with Crippen molar-refractivity contribution in [2.75, 3.05) is 13.2 Å². The van der Waals surface area contributed by atoms with E-state index < -0.39 is 5.97 Å². The molecule has 0 saturated heterocycles. The molecule has 1 amide bonds. The topological polar surface area (TPSA) is 73.9 Å². The van der Waals surface area contributed by atoms with Crippen LogP contribution in [-0.4, -0.2) is 31.1 Å². The summed E-state index contributed by atoms with van der Waals surface area (Å²) >= 11 is 0. The van der Waals surface area contributed by atoms with E-state index >= 15 is 0 Å². The average Bonchev–Trinajstić information content (AvgIpc) is 3.56. The number of nitrogens with one attached hydrogen (secondary N) is 1. The van der Waals surface area contributed by atoms with Crippen LogP contribution in [0.2, 0.25) is 0 Å². The Labute approximate surface area is 164 Å². The predicted octanol–water partition coefficient (Wildman–Crippen LogP) is 3.10. The summed E-state index contributed by atoms with van der Waals surface area (Å²) in [6.45, 7) is 1.91. The first kappa shape index (κ1) is 19.7. The molecular formula is C22H25NO5. The highest BCUT2D eigenvalue weighted by atomic mass is 16.6. The maximum atomic E-state index is 11.7. The van der Waals surface area contributed by atoms with Crippen LogP contribution in [-0.2, 0) is 20.9 Å². The summed E-state index contributed by atoms with van der Waals surface area (Å²) in [6, 6.07) is 17.0. The fourth-order valence-electron chi connectivity index (χ4n) is 2.71. The second kappa shape index (κ2) is 9.78. The summed E-state index contributed by atoms with van der Waals surface area (Å²) < 4.78 is 16.0. The fraction of sp³-hybridized carbons (Fsp3) is 0.364.